The molecule has 2 aromatic carbocycles. The Morgan fingerprint density at radius 1 is 1.00 bits per heavy atom. The van der Waals surface area contributed by atoms with Gasteiger partial charge in [0.25, 0.3) is 0 Å². The van der Waals surface area contributed by atoms with Crippen LogP contribution in [0.3, 0.4) is 0 Å². The zero-order valence-corrected chi connectivity index (χ0v) is 10.2. The Kier molecular flexibility index (Phi) is 3.16. The molecular weight excluding hydrogens is 218 g/mol. The van der Waals surface area contributed by atoms with Crippen molar-refractivity contribution in [2.45, 2.75) is 13.8 Å². The molecule has 82 valence electrons. The molecule has 0 heterocycles. The maximum absolute atomic E-state index is 5.94. The molecule has 2 heteroatoms. The van der Waals surface area contributed by atoms with Gasteiger partial charge in [-0.1, -0.05) is 35.4 Å². The van der Waals surface area contributed by atoms with E-state index in [-0.39, 0.29) is 0 Å². The van der Waals surface area contributed by atoms with Crippen LogP contribution in [-0.4, -0.2) is 0 Å². The molecule has 1 nitrogen and oxygen atoms in total. The molecular formula is C14H14ClN. The molecule has 0 spiro atoms. The van der Waals surface area contributed by atoms with E-state index >= 15 is 0 Å². The lowest BCUT2D eigenvalue weighted by Gasteiger charge is -2.10. The highest BCUT2D eigenvalue weighted by molar-refractivity contribution is 6.30. The Bertz CT molecular complexity index is 506. The van der Waals surface area contributed by atoms with Gasteiger partial charge in [-0.15, -0.1) is 0 Å². The number of anilines is 2. The molecule has 0 aliphatic heterocycles. The molecule has 0 fully saturated rings. The summed E-state index contributed by atoms with van der Waals surface area (Å²) in [5.74, 6) is 0. The summed E-state index contributed by atoms with van der Waals surface area (Å²) in [5.41, 5.74) is 4.64. The predicted molar refractivity (Wildman–Crippen MR) is 70.7 cm³/mol. The molecule has 16 heavy (non-hydrogen) atoms. The van der Waals surface area contributed by atoms with Crippen molar-refractivity contribution in [3.05, 3.63) is 58.6 Å². The largest absolute Gasteiger partial charge is 0.355 e. The van der Waals surface area contributed by atoms with Crippen LogP contribution in [-0.2, 0) is 0 Å². The SMILES string of the molecule is Cc1ccc(Nc2cccc(Cl)c2)c(C)c1. The van der Waals surface area contributed by atoms with Gasteiger partial charge in [-0.25, -0.2) is 0 Å². The highest BCUT2D eigenvalue weighted by Gasteiger charge is 1.99. The zero-order chi connectivity index (χ0) is 11.5. The molecule has 0 amide bonds. The number of halogens is 1. The van der Waals surface area contributed by atoms with E-state index in [0.717, 1.165) is 16.4 Å². The summed E-state index contributed by atoms with van der Waals surface area (Å²) in [4.78, 5) is 0. The van der Waals surface area contributed by atoms with Gasteiger partial charge >= 0.3 is 0 Å². The lowest BCUT2D eigenvalue weighted by atomic mass is 10.1. The van der Waals surface area contributed by atoms with E-state index in [1.165, 1.54) is 11.1 Å². The first-order chi connectivity index (χ1) is 7.65. The quantitative estimate of drug-likeness (QED) is 0.790. The number of benzene rings is 2. The Hall–Kier alpha value is -1.47. The average Bonchev–Trinajstić information content (AvgIpc) is 2.22. The predicted octanol–water partition coefficient (Wildman–Crippen LogP) is 4.70. The molecule has 2 rings (SSSR count). The summed E-state index contributed by atoms with van der Waals surface area (Å²) >= 11 is 5.94. The minimum absolute atomic E-state index is 0.745. The fraction of sp³-hybridized carbons (Fsp3) is 0.143. The van der Waals surface area contributed by atoms with E-state index in [1.54, 1.807) is 0 Å². The zero-order valence-electron chi connectivity index (χ0n) is 9.42. The average molecular weight is 232 g/mol. The lowest BCUT2D eigenvalue weighted by molar-refractivity contribution is 1.37. The molecule has 0 atom stereocenters. The minimum atomic E-state index is 0.745. The standard InChI is InChI=1S/C14H14ClN/c1-10-6-7-14(11(2)8-10)16-13-5-3-4-12(15)9-13/h3-9,16H,1-2H3. The molecule has 0 saturated carbocycles. The molecule has 0 aromatic heterocycles. The van der Waals surface area contributed by atoms with Gasteiger partial charge in [-0.2, -0.15) is 0 Å². The second-order valence-electron chi connectivity index (χ2n) is 3.95. The maximum atomic E-state index is 5.94. The van der Waals surface area contributed by atoms with Gasteiger partial charge in [0, 0.05) is 16.4 Å². The molecule has 0 aliphatic rings. The molecule has 2 aromatic rings. The second kappa shape index (κ2) is 4.58. The molecule has 0 saturated heterocycles. The van der Waals surface area contributed by atoms with Crippen molar-refractivity contribution in [2.75, 3.05) is 5.32 Å². The van der Waals surface area contributed by atoms with Crippen molar-refractivity contribution >= 4 is 23.0 Å². The number of rotatable bonds is 2. The van der Waals surface area contributed by atoms with Crippen molar-refractivity contribution in [1.82, 2.24) is 0 Å². The van der Waals surface area contributed by atoms with Crippen LogP contribution < -0.4 is 5.32 Å². The summed E-state index contributed by atoms with van der Waals surface area (Å²) in [7, 11) is 0. The van der Waals surface area contributed by atoms with Gasteiger partial charge in [0.15, 0.2) is 0 Å². The van der Waals surface area contributed by atoms with Crippen molar-refractivity contribution in [3.63, 3.8) is 0 Å². The maximum Gasteiger partial charge on any atom is 0.0426 e. The van der Waals surface area contributed by atoms with Crippen molar-refractivity contribution in [3.8, 4) is 0 Å². The summed E-state index contributed by atoms with van der Waals surface area (Å²) in [6, 6.07) is 14.1. The van der Waals surface area contributed by atoms with Gasteiger partial charge in [0.2, 0.25) is 0 Å². The summed E-state index contributed by atoms with van der Waals surface area (Å²) < 4.78 is 0. The van der Waals surface area contributed by atoms with Crippen LogP contribution in [0.5, 0.6) is 0 Å². The topological polar surface area (TPSA) is 12.0 Å². The van der Waals surface area contributed by atoms with E-state index in [2.05, 4.69) is 37.4 Å². The fourth-order valence-electron chi connectivity index (χ4n) is 1.68. The summed E-state index contributed by atoms with van der Waals surface area (Å²) in [6.07, 6.45) is 0. The van der Waals surface area contributed by atoms with Gasteiger partial charge in [-0.05, 0) is 43.7 Å². The van der Waals surface area contributed by atoms with Crippen LogP contribution in [0.1, 0.15) is 11.1 Å². The molecule has 0 radical (unpaired) electrons. The Labute approximate surface area is 101 Å². The number of aryl methyl sites for hydroxylation is 2. The first-order valence-electron chi connectivity index (χ1n) is 5.25. The van der Waals surface area contributed by atoms with E-state index in [4.69, 9.17) is 11.6 Å². The van der Waals surface area contributed by atoms with Gasteiger partial charge < -0.3 is 5.32 Å². The van der Waals surface area contributed by atoms with Crippen LogP contribution >= 0.6 is 11.6 Å². The minimum Gasteiger partial charge on any atom is -0.355 e. The van der Waals surface area contributed by atoms with Crippen molar-refractivity contribution in [2.24, 2.45) is 0 Å². The third-order valence-electron chi connectivity index (χ3n) is 2.49. The Morgan fingerprint density at radius 3 is 2.50 bits per heavy atom. The van der Waals surface area contributed by atoms with Crippen LogP contribution in [0.2, 0.25) is 5.02 Å². The van der Waals surface area contributed by atoms with Crippen LogP contribution in [0, 0.1) is 13.8 Å². The van der Waals surface area contributed by atoms with Gasteiger partial charge in [0.05, 0.1) is 0 Å². The highest BCUT2D eigenvalue weighted by Crippen LogP contribution is 2.23. The fourth-order valence-corrected chi connectivity index (χ4v) is 1.87. The van der Waals surface area contributed by atoms with E-state index in [1.807, 2.05) is 24.3 Å². The molecule has 0 bridgehead atoms. The van der Waals surface area contributed by atoms with Crippen LogP contribution in [0.4, 0.5) is 11.4 Å². The van der Waals surface area contributed by atoms with Crippen molar-refractivity contribution < 1.29 is 0 Å². The first kappa shape index (κ1) is 11.0. The van der Waals surface area contributed by atoms with Gasteiger partial charge in [-0.3, -0.25) is 0 Å². The summed E-state index contributed by atoms with van der Waals surface area (Å²) in [5, 5.41) is 4.10. The Balaban J connectivity index is 2.27. The van der Waals surface area contributed by atoms with Gasteiger partial charge in [0.1, 0.15) is 0 Å². The third kappa shape index (κ3) is 2.56. The monoisotopic (exact) mass is 231 g/mol. The van der Waals surface area contributed by atoms with Crippen LogP contribution in [0.15, 0.2) is 42.5 Å². The highest BCUT2D eigenvalue weighted by atomic mass is 35.5. The number of nitrogens with one attached hydrogen (secondary N) is 1. The van der Waals surface area contributed by atoms with E-state index in [9.17, 15) is 0 Å². The Morgan fingerprint density at radius 2 is 1.81 bits per heavy atom. The summed E-state index contributed by atoms with van der Waals surface area (Å²) in [6.45, 7) is 4.19. The normalized spacial score (nSPS) is 10.2. The van der Waals surface area contributed by atoms with Crippen LogP contribution in [0.25, 0.3) is 0 Å². The third-order valence-corrected chi connectivity index (χ3v) is 2.72. The first-order valence-corrected chi connectivity index (χ1v) is 5.63. The van der Waals surface area contributed by atoms with E-state index < -0.39 is 0 Å². The number of hydrogen-bond acceptors (Lipinski definition) is 1. The number of hydrogen-bond donors (Lipinski definition) is 1. The molecule has 0 aliphatic carbocycles. The smallest absolute Gasteiger partial charge is 0.0426 e. The second-order valence-corrected chi connectivity index (χ2v) is 4.39. The van der Waals surface area contributed by atoms with E-state index in [0.29, 0.717) is 0 Å². The molecule has 0 unspecified atom stereocenters. The lowest BCUT2D eigenvalue weighted by Crippen LogP contribution is -1.93. The van der Waals surface area contributed by atoms with Crippen molar-refractivity contribution in [1.29, 1.82) is 0 Å². The molecule has 1 N–H and O–H groups in total.